The smallest absolute Gasteiger partial charge is 0.335 e. The molecule has 0 aliphatic carbocycles. The number of benzene rings is 1. The summed E-state index contributed by atoms with van der Waals surface area (Å²) in [6.07, 6.45) is 1.54. The van der Waals surface area contributed by atoms with E-state index in [0.717, 1.165) is 24.2 Å². The highest BCUT2D eigenvalue weighted by Crippen LogP contribution is 2.30. The zero-order chi connectivity index (χ0) is 13.3. The summed E-state index contributed by atoms with van der Waals surface area (Å²) in [4.78, 5) is 13.0. The second-order valence-corrected chi connectivity index (χ2v) is 5.17. The van der Waals surface area contributed by atoms with E-state index in [1.807, 2.05) is 19.9 Å². The van der Waals surface area contributed by atoms with Crippen LogP contribution in [-0.4, -0.2) is 34.9 Å². The van der Waals surface area contributed by atoms with Gasteiger partial charge in [0.15, 0.2) is 0 Å². The second-order valence-electron chi connectivity index (χ2n) is 5.17. The molecule has 18 heavy (non-hydrogen) atoms. The number of aliphatic hydroxyl groups is 1. The molecule has 4 heteroatoms. The van der Waals surface area contributed by atoms with Crippen LogP contribution >= 0.6 is 0 Å². The molecule has 1 aliphatic heterocycles. The van der Waals surface area contributed by atoms with Crippen molar-refractivity contribution in [3.8, 4) is 0 Å². The highest BCUT2D eigenvalue weighted by molar-refractivity contribution is 5.88. The maximum atomic E-state index is 10.9. The summed E-state index contributed by atoms with van der Waals surface area (Å²) in [6, 6.07) is 5.20. The average molecular weight is 249 g/mol. The number of aromatic carboxylic acids is 1. The molecule has 98 valence electrons. The maximum absolute atomic E-state index is 10.9. The molecule has 0 amide bonds. The molecular formula is C14H19NO3. The van der Waals surface area contributed by atoms with Crippen LogP contribution in [0.5, 0.6) is 0 Å². The molecule has 2 N–H and O–H groups in total. The van der Waals surface area contributed by atoms with E-state index in [2.05, 4.69) is 4.90 Å². The molecule has 0 saturated carbocycles. The Morgan fingerprint density at radius 3 is 2.83 bits per heavy atom. The largest absolute Gasteiger partial charge is 0.478 e. The molecule has 1 aromatic rings. The normalized spacial score (nSPS) is 17.4. The number of carbonyl (C=O) groups is 1. The number of rotatable bonds is 4. The van der Waals surface area contributed by atoms with Crippen molar-refractivity contribution in [2.75, 3.05) is 18.0 Å². The molecule has 0 saturated heterocycles. The van der Waals surface area contributed by atoms with Crippen molar-refractivity contribution in [1.82, 2.24) is 0 Å². The zero-order valence-electron chi connectivity index (χ0n) is 10.8. The number of hydrogen-bond donors (Lipinski definition) is 2. The Morgan fingerprint density at radius 2 is 2.22 bits per heavy atom. The topological polar surface area (TPSA) is 60.8 Å². The van der Waals surface area contributed by atoms with Crippen molar-refractivity contribution in [2.45, 2.75) is 32.3 Å². The van der Waals surface area contributed by atoms with Gasteiger partial charge in [-0.3, -0.25) is 0 Å². The number of fused-ring (bicyclic) bond motifs is 1. The first-order valence-corrected chi connectivity index (χ1v) is 6.26. The van der Waals surface area contributed by atoms with Gasteiger partial charge in [0.25, 0.3) is 0 Å². The standard InChI is InChI=1S/C14H19NO3/c1-3-14(2,18)9-15-7-6-10-8-11(13(16)17)4-5-12(10)15/h4-5,8,18H,3,6-7,9H2,1-2H3,(H,16,17). The number of hydrogen-bond acceptors (Lipinski definition) is 3. The first kappa shape index (κ1) is 12.9. The van der Waals surface area contributed by atoms with E-state index in [0.29, 0.717) is 18.5 Å². The van der Waals surface area contributed by atoms with E-state index < -0.39 is 11.6 Å². The van der Waals surface area contributed by atoms with E-state index in [1.165, 1.54) is 0 Å². The van der Waals surface area contributed by atoms with E-state index in [1.54, 1.807) is 12.1 Å². The molecule has 0 spiro atoms. The van der Waals surface area contributed by atoms with Gasteiger partial charge in [-0.15, -0.1) is 0 Å². The van der Waals surface area contributed by atoms with Gasteiger partial charge in [-0.1, -0.05) is 6.92 Å². The van der Waals surface area contributed by atoms with Crippen molar-refractivity contribution >= 4 is 11.7 Å². The third kappa shape index (κ3) is 2.48. The Kier molecular flexibility index (Phi) is 3.30. The lowest BCUT2D eigenvalue weighted by Gasteiger charge is -2.29. The highest BCUT2D eigenvalue weighted by Gasteiger charge is 2.27. The fraction of sp³-hybridized carbons (Fsp3) is 0.500. The van der Waals surface area contributed by atoms with Crippen LogP contribution < -0.4 is 4.90 Å². The van der Waals surface area contributed by atoms with Crippen LogP contribution in [-0.2, 0) is 6.42 Å². The Balaban J connectivity index is 2.21. The quantitative estimate of drug-likeness (QED) is 0.855. The fourth-order valence-electron chi connectivity index (χ4n) is 2.29. The van der Waals surface area contributed by atoms with Gasteiger partial charge in [0.1, 0.15) is 0 Å². The van der Waals surface area contributed by atoms with Gasteiger partial charge in [-0.05, 0) is 43.5 Å². The van der Waals surface area contributed by atoms with Gasteiger partial charge in [-0.25, -0.2) is 4.79 Å². The first-order valence-electron chi connectivity index (χ1n) is 6.26. The molecule has 2 rings (SSSR count). The minimum absolute atomic E-state index is 0.331. The zero-order valence-corrected chi connectivity index (χ0v) is 10.8. The van der Waals surface area contributed by atoms with Gasteiger partial charge in [0.2, 0.25) is 0 Å². The van der Waals surface area contributed by atoms with Gasteiger partial charge >= 0.3 is 5.97 Å². The number of anilines is 1. The van der Waals surface area contributed by atoms with Crippen LogP contribution in [0.4, 0.5) is 5.69 Å². The molecule has 1 heterocycles. The summed E-state index contributed by atoms with van der Waals surface area (Å²) in [5.74, 6) is -0.892. The van der Waals surface area contributed by atoms with Gasteiger partial charge < -0.3 is 15.1 Å². The molecule has 1 unspecified atom stereocenters. The summed E-state index contributed by atoms with van der Waals surface area (Å²) in [6.45, 7) is 5.22. The predicted octanol–water partition coefficient (Wildman–Crippen LogP) is 1.91. The third-order valence-corrected chi connectivity index (χ3v) is 3.61. The van der Waals surface area contributed by atoms with Crippen LogP contribution in [0.2, 0.25) is 0 Å². The molecule has 0 fully saturated rings. The summed E-state index contributed by atoms with van der Waals surface area (Å²) in [7, 11) is 0. The molecule has 1 aromatic carbocycles. The van der Waals surface area contributed by atoms with Crippen molar-refractivity contribution in [2.24, 2.45) is 0 Å². The van der Waals surface area contributed by atoms with E-state index in [9.17, 15) is 9.90 Å². The fourth-order valence-corrected chi connectivity index (χ4v) is 2.29. The van der Waals surface area contributed by atoms with E-state index in [-0.39, 0.29) is 0 Å². The van der Waals surface area contributed by atoms with Crippen LogP contribution in [0.15, 0.2) is 18.2 Å². The molecular weight excluding hydrogens is 230 g/mol. The Hall–Kier alpha value is -1.55. The van der Waals surface area contributed by atoms with Crippen molar-refractivity contribution in [3.63, 3.8) is 0 Å². The lowest BCUT2D eigenvalue weighted by atomic mass is 10.0. The molecule has 1 aliphatic rings. The van der Waals surface area contributed by atoms with Crippen molar-refractivity contribution in [3.05, 3.63) is 29.3 Å². The minimum Gasteiger partial charge on any atom is -0.478 e. The maximum Gasteiger partial charge on any atom is 0.335 e. The van der Waals surface area contributed by atoms with Crippen LogP contribution in [0, 0.1) is 0 Å². The summed E-state index contributed by atoms with van der Waals surface area (Å²) in [5.41, 5.74) is 1.74. The number of nitrogens with zero attached hydrogens (tertiary/aromatic N) is 1. The Labute approximate surface area is 107 Å². The number of carboxylic acid groups (broad SMARTS) is 1. The lowest BCUT2D eigenvalue weighted by Crippen LogP contribution is -2.39. The first-order chi connectivity index (χ1) is 8.43. The summed E-state index contributed by atoms with van der Waals surface area (Å²) >= 11 is 0. The summed E-state index contributed by atoms with van der Waals surface area (Å²) < 4.78 is 0. The van der Waals surface area contributed by atoms with Gasteiger partial charge in [0.05, 0.1) is 11.2 Å². The second kappa shape index (κ2) is 4.61. The lowest BCUT2D eigenvalue weighted by molar-refractivity contribution is 0.0633. The molecule has 0 bridgehead atoms. The average Bonchev–Trinajstić information content (AvgIpc) is 2.71. The van der Waals surface area contributed by atoms with E-state index in [4.69, 9.17) is 5.11 Å². The number of carboxylic acids is 1. The van der Waals surface area contributed by atoms with Gasteiger partial charge in [0, 0.05) is 18.8 Å². The van der Waals surface area contributed by atoms with Gasteiger partial charge in [-0.2, -0.15) is 0 Å². The molecule has 1 atom stereocenters. The van der Waals surface area contributed by atoms with Crippen molar-refractivity contribution < 1.29 is 15.0 Å². The third-order valence-electron chi connectivity index (χ3n) is 3.61. The minimum atomic E-state index is -0.892. The number of β-amino-alcohol motifs (C(OH)–C–C–N with tert-alkyl or cyclic N) is 1. The Morgan fingerprint density at radius 1 is 1.50 bits per heavy atom. The van der Waals surface area contributed by atoms with Crippen LogP contribution in [0.1, 0.15) is 36.2 Å². The van der Waals surface area contributed by atoms with Crippen LogP contribution in [0.3, 0.4) is 0 Å². The molecule has 4 nitrogen and oxygen atoms in total. The molecule has 0 aromatic heterocycles. The summed E-state index contributed by atoms with van der Waals surface area (Å²) in [5, 5.41) is 19.1. The SMILES string of the molecule is CCC(C)(O)CN1CCc2cc(C(=O)O)ccc21. The predicted molar refractivity (Wildman–Crippen MR) is 70.2 cm³/mol. The molecule has 0 radical (unpaired) electrons. The van der Waals surface area contributed by atoms with Crippen LogP contribution in [0.25, 0.3) is 0 Å². The van der Waals surface area contributed by atoms with E-state index >= 15 is 0 Å². The monoisotopic (exact) mass is 249 g/mol. The van der Waals surface area contributed by atoms with Crippen molar-refractivity contribution in [1.29, 1.82) is 0 Å². The highest BCUT2D eigenvalue weighted by atomic mass is 16.4. The Bertz CT molecular complexity index is 468.